The van der Waals surface area contributed by atoms with Gasteiger partial charge in [0.1, 0.15) is 5.82 Å². The molecule has 0 saturated carbocycles. The van der Waals surface area contributed by atoms with Crippen molar-refractivity contribution in [2.75, 3.05) is 14.2 Å². The summed E-state index contributed by atoms with van der Waals surface area (Å²) < 4.78 is 12.8. The zero-order valence-electron chi connectivity index (χ0n) is 11.2. The van der Waals surface area contributed by atoms with Crippen molar-refractivity contribution in [3.05, 3.63) is 24.0 Å². The van der Waals surface area contributed by atoms with E-state index >= 15 is 0 Å². The number of hydrogen-bond acceptors (Lipinski definition) is 4. The van der Waals surface area contributed by atoms with Crippen molar-refractivity contribution in [1.82, 2.24) is 14.8 Å². The first-order chi connectivity index (χ1) is 9.33. The van der Waals surface area contributed by atoms with E-state index in [1.54, 1.807) is 14.2 Å². The molecule has 1 aromatic heterocycles. The highest BCUT2D eigenvalue weighted by Gasteiger charge is 2.18. The van der Waals surface area contributed by atoms with Crippen LogP contribution in [0.3, 0.4) is 0 Å². The molecule has 0 saturated heterocycles. The van der Waals surface area contributed by atoms with Crippen LogP contribution in [-0.4, -0.2) is 29.0 Å². The third kappa shape index (κ3) is 2.05. The van der Waals surface area contributed by atoms with Gasteiger partial charge in [0.2, 0.25) is 0 Å². The summed E-state index contributed by atoms with van der Waals surface area (Å²) in [5.74, 6) is 3.43. The number of benzene rings is 1. The zero-order valence-corrected chi connectivity index (χ0v) is 11.2. The molecule has 0 bridgehead atoms. The monoisotopic (exact) mass is 259 g/mol. The normalized spacial score (nSPS) is 14.0. The molecule has 0 aliphatic carbocycles. The Bertz CT molecular complexity index is 592. The molecular formula is C14H17N3O2. The van der Waals surface area contributed by atoms with Gasteiger partial charge in [0.15, 0.2) is 17.3 Å². The van der Waals surface area contributed by atoms with E-state index in [-0.39, 0.29) is 0 Å². The standard InChI is InChI=1S/C14H17N3O2/c1-18-11-7-6-10(9-12(11)19-2)14-16-15-13-5-3-4-8-17(13)14/h6-7,9H,3-5,8H2,1-2H3. The number of methoxy groups -OCH3 is 2. The van der Waals surface area contributed by atoms with Gasteiger partial charge in [0.05, 0.1) is 14.2 Å². The Labute approximate surface area is 112 Å². The van der Waals surface area contributed by atoms with Gasteiger partial charge in [-0.05, 0) is 31.0 Å². The van der Waals surface area contributed by atoms with Gasteiger partial charge in [-0.2, -0.15) is 0 Å². The lowest BCUT2D eigenvalue weighted by Gasteiger charge is -2.15. The third-order valence-electron chi connectivity index (χ3n) is 3.50. The first-order valence-electron chi connectivity index (χ1n) is 6.48. The number of fused-ring (bicyclic) bond motifs is 1. The van der Waals surface area contributed by atoms with E-state index in [0.717, 1.165) is 35.9 Å². The quantitative estimate of drug-likeness (QED) is 0.848. The maximum atomic E-state index is 5.34. The van der Waals surface area contributed by atoms with Crippen molar-refractivity contribution in [1.29, 1.82) is 0 Å². The summed E-state index contributed by atoms with van der Waals surface area (Å²) in [4.78, 5) is 0. The molecule has 0 radical (unpaired) electrons. The molecule has 0 N–H and O–H groups in total. The molecule has 0 unspecified atom stereocenters. The lowest BCUT2D eigenvalue weighted by Crippen LogP contribution is -2.11. The third-order valence-corrected chi connectivity index (χ3v) is 3.50. The van der Waals surface area contributed by atoms with E-state index < -0.39 is 0 Å². The highest BCUT2D eigenvalue weighted by atomic mass is 16.5. The predicted octanol–water partition coefficient (Wildman–Crippen LogP) is 2.30. The van der Waals surface area contributed by atoms with Crippen LogP contribution in [0.1, 0.15) is 18.7 Å². The average molecular weight is 259 g/mol. The minimum absolute atomic E-state index is 0.716. The predicted molar refractivity (Wildman–Crippen MR) is 71.5 cm³/mol. The van der Waals surface area contributed by atoms with Crippen molar-refractivity contribution in [3.63, 3.8) is 0 Å². The fraction of sp³-hybridized carbons (Fsp3) is 0.429. The van der Waals surface area contributed by atoms with Gasteiger partial charge in [0.25, 0.3) is 0 Å². The van der Waals surface area contributed by atoms with Gasteiger partial charge < -0.3 is 14.0 Å². The minimum atomic E-state index is 0.716. The molecule has 1 aromatic carbocycles. The Morgan fingerprint density at radius 3 is 2.68 bits per heavy atom. The fourth-order valence-electron chi connectivity index (χ4n) is 2.50. The van der Waals surface area contributed by atoms with Crippen molar-refractivity contribution in [3.8, 4) is 22.9 Å². The van der Waals surface area contributed by atoms with Gasteiger partial charge in [-0.3, -0.25) is 0 Å². The molecule has 0 amide bonds. The maximum Gasteiger partial charge on any atom is 0.164 e. The highest BCUT2D eigenvalue weighted by molar-refractivity contribution is 5.61. The Morgan fingerprint density at radius 2 is 1.89 bits per heavy atom. The summed E-state index contributed by atoms with van der Waals surface area (Å²) in [6.07, 6.45) is 3.40. The van der Waals surface area contributed by atoms with Crippen LogP contribution in [-0.2, 0) is 13.0 Å². The Balaban J connectivity index is 2.04. The van der Waals surface area contributed by atoms with E-state index in [2.05, 4.69) is 14.8 Å². The molecule has 100 valence electrons. The molecule has 0 fully saturated rings. The summed E-state index contributed by atoms with van der Waals surface area (Å²) in [7, 11) is 3.28. The van der Waals surface area contributed by atoms with E-state index in [0.29, 0.717) is 5.75 Å². The molecule has 5 heteroatoms. The molecule has 0 atom stereocenters. The molecule has 1 aliphatic heterocycles. The second-order valence-electron chi connectivity index (χ2n) is 4.62. The van der Waals surface area contributed by atoms with Crippen LogP contribution in [0.2, 0.25) is 0 Å². The highest BCUT2D eigenvalue weighted by Crippen LogP contribution is 2.32. The second-order valence-corrected chi connectivity index (χ2v) is 4.62. The Kier molecular flexibility index (Phi) is 3.11. The van der Waals surface area contributed by atoms with E-state index in [9.17, 15) is 0 Å². The molecule has 0 spiro atoms. The van der Waals surface area contributed by atoms with Gasteiger partial charge in [-0.25, -0.2) is 0 Å². The Morgan fingerprint density at radius 1 is 1.05 bits per heavy atom. The van der Waals surface area contributed by atoms with Crippen LogP contribution in [0.4, 0.5) is 0 Å². The van der Waals surface area contributed by atoms with Crippen LogP contribution < -0.4 is 9.47 Å². The summed E-state index contributed by atoms with van der Waals surface area (Å²) in [6.45, 7) is 0.992. The van der Waals surface area contributed by atoms with Crippen molar-refractivity contribution < 1.29 is 9.47 Å². The van der Waals surface area contributed by atoms with Crippen molar-refractivity contribution in [2.45, 2.75) is 25.8 Å². The van der Waals surface area contributed by atoms with Crippen LogP contribution >= 0.6 is 0 Å². The molecule has 5 nitrogen and oxygen atoms in total. The van der Waals surface area contributed by atoms with Crippen LogP contribution in [0.25, 0.3) is 11.4 Å². The maximum absolute atomic E-state index is 5.34. The SMILES string of the molecule is COc1ccc(-c2nnc3n2CCCC3)cc1OC. The van der Waals surface area contributed by atoms with Crippen molar-refractivity contribution in [2.24, 2.45) is 0 Å². The number of hydrogen-bond donors (Lipinski definition) is 0. The largest absolute Gasteiger partial charge is 0.493 e. The van der Waals surface area contributed by atoms with E-state index in [4.69, 9.17) is 9.47 Å². The summed E-state index contributed by atoms with van der Waals surface area (Å²) in [5.41, 5.74) is 1.01. The molecule has 1 aliphatic rings. The van der Waals surface area contributed by atoms with Crippen LogP contribution in [0.15, 0.2) is 18.2 Å². The van der Waals surface area contributed by atoms with E-state index in [1.165, 1.54) is 12.8 Å². The first kappa shape index (κ1) is 12.0. The summed E-state index contributed by atoms with van der Waals surface area (Å²) in [5, 5.41) is 8.59. The topological polar surface area (TPSA) is 49.2 Å². The molecule has 2 heterocycles. The van der Waals surface area contributed by atoms with Gasteiger partial charge in [-0.15, -0.1) is 10.2 Å². The van der Waals surface area contributed by atoms with E-state index in [1.807, 2.05) is 18.2 Å². The number of rotatable bonds is 3. The average Bonchev–Trinajstić information content (AvgIpc) is 2.90. The summed E-state index contributed by atoms with van der Waals surface area (Å²) in [6, 6.07) is 5.84. The number of aromatic nitrogens is 3. The van der Waals surface area contributed by atoms with Crippen LogP contribution in [0.5, 0.6) is 11.5 Å². The van der Waals surface area contributed by atoms with Gasteiger partial charge >= 0.3 is 0 Å². The lowest BCUT2D eigenvalue weighted by molar-refractivity contribution is 0.355. The zero-order chi connectivity index (χ0) is 13.2. The fourth-order valence-corrected chi connectivity index (χ4v) is 2.50. The molecule has 19 heavy (non-hydrogen) atoms. The Hall–Kier alpha value is -2.04. The molecule has 3 rings (SSSR count). The smallest absolute Gasteiger partial charge is 0.164 e. The summed E-state index contributed by atoms with van der Waals surface area (Å²) >= 11 is 0. The minimum Gasteiger partial charge on any atom is -0.493 e. The lowest BCUT2D eigenvalue weighted by atomic mass is 10.1. The van der Waals surface area contributed by atoms with Gasteiger partial charge in [0, 0.05) is 18.5 Å². The van der Waals surface area contributed by atoms with Crippen molar-refractivity contribution >= 4 is 0 Å². The molecule has 2 aromatic rings. The van der Waals surface area contributed by atoms with Crippen LogP contribution in [0, 0.1) is 0 Å². The number of ether oxygens (including phenoxy) is 2. The molecular weight excluding hydrogens is 242 g/mol. The number of nitrogens with zero attached hydrogens (tertiary/aromatic N) is 3. The first-order valence-corrected chi connectivity index (χ1v) is 6.48. The second kappa shape index (κ2) is 4.91. The van der Waals surface area contributed by atoms with Gasteiger partial charge in [-0.1, -0.05) is 0 Å². The number of aryl methyl sites for hydroxylation is 1.